The van der Waals surface area contributed by atoms with Crippen LogP contribution in [0.25, 0.3) is 10.6 Å². The number of aromatic nitrogens is 1. The Morgan fingerprint density at radius 1 is 1.29 bits per heavy atom. The largest absolute Gasteiger partial charge is 0.497 e. The molecule has 0 radical (unpaired) electrons. The van der Waals surface area contributed by atoms with E-state index in [0.29, 0.717) is 18.1 Å². The molecule has 1 aromatic heterocycles. The number of halogens is 1. The quantitative estimate of drug-likeness (QED) is 0.627. The Kier molecular flexibility index (Phi) is 5.24. The normalized spacial score (nSPS) is 13.2. The Balaban J connectivity index is 1.51. The van der Waals surface area contributed by atoms with E-state index in [-0.39, 0.29) is 6.03 Å². The van der Waals surface area contributed by atoms with Gasteiger partial charge in [0, 0.05) is 34.1 Å². The molecule has 0 saturated heterocycles. The highest BCUT2D eigenvalue weighted by molar-refractivity contribution is 7.15. The first-order valence-corrected chi connectivity index (χ1v) is 10.2. The molecule has 4 rings (SSSR count). The summed E-state index contributed by atoms with van der Waals surface area (Å²) in [5.74, 6) is 0.809. The van der Waals surface area contributed by atoms with Crippen molar-refractivity contribution in [1.29, 1.82) is 0 Å². The number of nitrogens with one attached hydrogen (secondary N) is 1. The Labute approximate surface area is 172 Å². The third-order valence-electron chi connectivity index (χ3n) is 4.84. The van der Waals surface area contributed by atoms with Crippen molar-refractivity contribution >= 4 is 34.7 Å². The van der Waals surface area contributed by atoms with Crippen molar-refractivity contribution in [2.45, 2.75) is 19.9 Å². The number of fused-ring (bicyclic) bond motifs is 1. The van der Waals surface area contributed by atoms with Crippen molar-refractivity contribution in [2.24, 2.45) is 0 Å². The van der Waals surface area contributed by atoms with Crippen LogP contribution in [0.1, 0.15) is 16.1 Å². The first-order valence-electron chi connectivity index (χ1n) is 8.99. The van der Waals surface area contributed by atoms with Gasteiger partial charge in [0.05, 0.1) is 19.3 Å². The van der Waals surface area contributed by atoms with Crippen LogP contribution in [-0.2, 0) is 13.0 Å². The molecule has 0 bridgehead atoms. The number of methoxy groups -OCH3 is 1. The molecule has 3 aromatic rings. The monoisotopic (exact) mass is 413 g/mol. The summed E-state index contributed by atoms with van der Waals surface area (Å²) in [6, 6.07) is 13.3. The Hall–Kier alpha value is -2.57. The molecule has 2 amide bonds. The maximum absolute atomic E-state index is 12.7. The van der Waals surface area contributed by atoms with Crippen molar-refractivity contribution in [3.05, 3.63) is 63.6 Å². The molecule has 1 aliphatic heterocycles. The fourth-order valence-electron chi connectivity index (χ4n) is 3.19. The number of urea groups is 1. The molecule has 5 nitrogen and oxygen atoms in total. The van der Waals surface area contributed by atoms with E-state index in [9.17, 15) is 4.79 Å². The molecular formula is C21H20ClN3O2S. The number of thiazole rings is 1. The zero-order valence-corrected chi connectivity index (χ0v) is 17.2. The SMILES string of the molecule is COc1cccc(-c2nc3c(s2)CN(C(=O)Nc2cccc(Cl)c2C)CC3)c1. The summed E-state index contributed by atoms with van der Waals surface area (Å²) in [6.45, 7) is 3.10. The second kappa shape index (κ2) is 7.81. The molecule has 0 atom stereocenters. The van der Waals surface area contributed by atoms with Crippen LogP contribution in [0.5, 0.6) is 5.75 Å². The van der Waals surface area contributed by atoms with Gasteiger partial charge in [-0.15, -0.1) is 11.3 Å². The summed E-state index contributed by atoms with van der Waals surface area (Å²) in [5, 5.41) is 4.57. The summed E-state index contributed by atoms with van der Waals surface area (Å²) >= 11 is 7.78. The van der Waals surface area contributed by atoms with E-state index in [2.05, 4.69) is 5.32 Å². The van der Waals surface area contributed by atoms with Gasteiger partial charge in [-0.2, -0.15) is 0 Å². The standard InChI is InChI=1S/C21H20ClN3O2S/c1-13-16(22)7-4-8-17(13)24-21(26)25-10-9-18-19(12-25)28-20(23-18)14-5-3-6-15(11-14)27-2/h3-8,11H,9-10,12H2,1-2H3,(H,24,26). The molecule has 1 aliphatic rings. The van der Waals surface area contributed by atoms with Crippen molar-refractivity contribution in [1.82, 2.24) is 9.88 Å². The van der Waals surface area contributed by atoms with E-state index in [4.69, 9.17) is 21.3 Å². The van der Waals surface area contributed by atoms with Crippen molar-refractivity contribution in [3.8, 4) is 16.3 Å². The molecule has 0 fully saturated rings. The number of carbonyl (C=O) groups excluding carboxylic acids is 1. The lowest BCUT2D eigenvalue weighted by atomic mass is 10.1. The minimum absolute atomic E-state index is 0.118. The number of anilines is 1. The molecule has 144 valence electrons. The van der Waals surface area contributed by atoms with Gasteiger partial charge >= 0.3 is 6.03 Å². The van der Waals surface area contributed by atoms with E-state index in [0.717, 1.165) is 44.6 Å². The van der Waals surface area contributed by atoms with Crippen LogP contribution in [0.3, 0.4) is 0 Å². The van der Waals surface area contributed by atoms with Crippen LogP contribution in [0.4, 0.5) is 10.5 Å². The van der Waals surface area contributed by atoms with E-state index < -0.39 is 0 Å². The second-order valence-electron chi connectivity index (χ2n) is 6.63. The Morgan fingerprint density at radius 2 is 2.11 bits per heavy atom. The predicted molar refractivity (Wildman–Crippen MR) is 113 cm³/mol. The highest BCUT2D eigenvalue weighted by Gasteiger charge is 2.25. The Bertz CT molecular complexity index is 1030. The van der Waals surface area contributed by atoms with Crippen molar-refractivity contribution in [2.75, 3.05) is 19.0 Å². The number of hydrogen-bond donors (Lipinski definition) is 1. The van der Waals surface area contributed by atoms with Gasteiger partial charge in [0.2, 0.25) is 0 Å². The van der Waals surface area contributed by atoms with Gasteiger partial charge in [0.25, 0.3) is 0 Å². The van der Waals surface area contributed by atoms with Gasteiger partial charge in [0.15, 0.2) is 0 Å². The molecule has 0 aliphatic carbocycles. The minimum atomic E-state index is -0.118. The third kappa shape index (κ3) is 3.70. The lowest BCUT2D eigenvalue weighted by Crippen LogP contribution is -2.38. The summed E-state index contributed by atoms with van der Waals surface area (Å²) < 4.78 is 5.31. The number of benzene rings is 2. The second-order valence-corrected chi connectivity index (χ2v) is 8.13. The maximum Gasteiger partial charge on any atom is 0.322 e. The van der Waals surface area contributed by atoms with E-state index >= 15 is 0 Å². The summed E-state index contributed by atoms with van der Waals surface area (Å²) in [4.78, 5) is 20.5. The zero-order chi connectivity index (χ0) is 19.7. The third-order valence-corrected chi connectivity index (χ3v) is 6.39. The molecule has 7 heteroatoms. The fourth-order valence-corrected chi connectivity index (χ4v) is 4.48. The lowest BCUT2D eigenvalue weighted by molar-refractivity contribution is 0.207. The molecule has 0 spiro atoms. The van der Waals surface area contributed by atoms with Gasteiger partial charge in [0.1, 0.15) is 10.8 Å². The van der Waals surface area contributed by atoms with Gasteiger partial charge in [-0.3, -0.25) is 0 Å². The number of rotatable bonds is 3. The zero-order valence-electron chi connectivity index (χ0n) is 15.7. The number of amides is 2. The average molecular weight is 414 g/mol. The first-order chi connectivity index (χ1) is 13.5. The summed E-state index contributed by atoms with van der Waals surface area (Å²) in [7, 11) is 1.66. The fraction of sp³-hybridized carbons (Fsp3) is 0.238. The van der Waals surface area contributed by atoms with E-state index in [1.165, 1.54) is 0 Å². The summed E-state index contributed by atoms with van der Waals surface area (Å²) in [6.07, 6.45) is 0.748. The Morgan fingerprint density at radius 3 is 2.93 bits per heavy atom. The average Bonchev–Trinajstić information content (AvgIpc) is 3.15. The molecule has 2 heterocycles. The molecule has 2 aromatic carbocycles. The van der Waals surface area contributed by atoms with E-state index in [1.54, 1.807) is 18.4 Å². The number of carbonyl (C=O) groups is 1. The molecule has 0 saturated carbocycles. The number of ether oxygens (including phenoxy) is 1. The van der Waals surface area contributed by atoms with Crippen LogP contribution in [0.15, 0.2) is 42.5 Å². The molecule has 1 N–H and O–H groups in total. The van der Waals surface area contributed by atoms with Crippen molar-refractivity contribution < 1.29 is 9.53 Å². The minimum Gasteiger partial charge on any atom is -0.497 e. The summed E-state index contributed by atoms with van der Waals surface area (Å²) in [5.41, 5.74) is 3.72. The van der Waals surface area contributed by atoms with Gasteiger partial charge in [-0.1, -0.05) is 29.8 Å². The molecular weight excluding hydrogens is 394 g/mol. The van der Waals surface area contributed by atoms with Crippen LogP contribution < -0.4 is 10.1 Å². The van der Waals surface area contributed by atoms with Gasteiger partial charge in [-0.05, 0) is 36.8 Å². The van der Waals surface area contributed by atoms with E-state index in [1.807, 2.05) is 54.3 Å². The van der Waals surface area contributed by atoms with Crippen LogP contribution in [0, 0.1) is 6.92 Å². The van der Waals surface area contributed by atoms with Crippen LogP contribution >= 0.6 is 22.9 Å². The van der Waals surface area contributed by atoms with Crippen LogP contribution in [-0.4, -0.2) is 29.6 Å². The number of hydrogen-bond acceptors (Lipinski definition) is 4. The van der Waals surface area contributed by atoms with Crippen LogP contribution in [0.2, 0.25) is 5.02 Å². The maximum atomic E-state index is 12.7. The van der Waals surface area contributed by atoms with Crippen molar-refractivity contribution in [3.63, 3.8) is 0 Å². The molecule has 0 unspecified atom stereocenters. The smallest absolute Gasteiger partial charge is 0.322 e. The number of nitrogens with zero attached hydrogens (tertiary/aromatic N) is 2. The highest BCUT2D eigenvalue weighted by atomic mass is 35.5. The topological polar surface area (TPSA) is 54.5 Å². The lowest BCUT2D eigenvalue weighted by Gasteiger charge is -2.26. The van der Waals surface area contributed by atoms with Gasteiger partial charge in [-0.25, -0.2) is 9.78 Å². The molecule has 28 heavy (non-hydrogen) atoms. The highest BCUT2D eigenvalue weighted by Crippen LogP contribution is 2.33. The first kappa shape index (κ1) is 18.8. The van der Waals surface area contributed by atoms with Gasteiger partial charge < -0.3 is 15.0 Å². The predicted octanol–water partition coefficient (Wildman–Crippen LogP) is 5.37.